The van der Waals surface area contributed by atoms with Crippen molar-refractivity contribution in [3.8, 4) is 0 Å². The molecule has 1 aromatic carbocycles. The Hall–Kier alpha value is -2.73. The van der Waals surface area contributed by atoms with Gasteiger partial charge in [-0.25, -0.2) is 4.79 Å². The van der Waals surface area contributed by atoms with Crippen molar-refractivity contribution in [3.63, 3.8) is 0 Å². The lowest BCUT2D eigenvalue weighted by molar-refractivity contribution is 0.0533. The highest BCUT2D eigenvalue weighted by Crippen LogP contribution is 2.24. The predicted octanol–water partition coefficient (Wildman–Crippen LogP) is 3.73. The average Bonchev–Trinajstić information content (AvgIpc) is 3.03. The number of hydrogen-bond acceptors (Lipinski definition) is 5. The van der Waals surface area contributed by atoms with E-state index in [0.717, 1.165) is 10.9 Å². The maximum absolute atomic E-state index is 12.4. The molecule has 0 unspecified atom stereocenters. The summed E-state index contributed by atoms with van der Waals surface area (Å²) < 4.78 is 4.98. The molecule has 3 aromatic rings. The lowest BCUT2D eigenvalue weighted by atomic mass is 10.1. The molecular formula is C17H14N2O3S. The topological polar surface area (TPSA) is 68.3 Å². The summed E-state index contributed by atoms with van der Waals surface area (Å²) >= 11 is 1.24. The van der Waals surface area contributed by atoms with Gasteiger partial charge in [-0.05, 0) is 42.6 Å². The molecule has 0 aliphatic carbocycles. The van der Waals surface area contributed by atoms with E-state index in [1.165, 1.54) is 11.3 Å². The Morgan fingerprint density at radius 3 is 2.96 bits per heavy atom. The van der Waals surface area contributed by atoms with Crippen molar-refractivity contribution >= 4 is 39.8 Å². The van der Waals surface area contributed by atoms with Crippen molar-refractivity contribution in [2.24, 2.45) is 0 Å². The Morgan fingerprint density at radius 2 is 2.13 bits per heavy atom. The van der Waals surface area contributed by atoms with Crippen LogP contribution in [0.15, 0.2) is 48.0 Å². The standard InChI is InChI=1S/C17H14N2O3S/c1-2-22-17(21)15-14(7-9-23-15)19-16(20)12-5-6-13-11(10-12)4-3-8-18-13/h3-10H,2H2,1H3,(H,19,20). The normalized spacial score (nSPS) is 10.5. The quantitative estimate of drug-likeness (QED) is 0.742. The number of pyridine rings is 1. The summed E-state index contributed by atoms with van der Waals surface area (Å²) in [5, 5.41) is 5.39. The lowest BCUT2D eigenvalue weighted by Gasteiger charge is -2.07. The summed E-state index contributed by atoms with van der Waals surface area (Å²) in [5.41, 5.74) is 1.79. The molecule has 0 aliphatic heterocycles. The first-order valence-corrected chi connectivity index (χ1v) is 7.97. The average molecular weight is 326 g/mol. The minimum atomic E-state index is -0.430. The van der Waals surface area contributed by atoms with Gasteiger partial charge in [-0.1, -0.05) is 6.07 Å². The Labute approximate surface area is 136 Å². The molecule has 2 aromatic heterocycles. The van der Waals surface area contributed by atoms with Crippen LogP contribution in [0, 0.1) is 0 Å². The minimum Gasteiger partial charge on any atom is -0.462 e. The third-order valence-corrected chi connectivity index (χ3v) is 4.13. The third kappa shape index (κ3) is 3.22. The van der Waals surface area contributed by atoms with Gasteiger partial charge in [-0.3, -0.25) is 9.78 Å². The third-order valence-electron chi connectivity index (χ3n) is 3.24. The number of rotatable bonds is 4. The van der Waals surface area contributed by atoms with Gasteiger partial charge in [-0.2, -0.15) is 0 Å². The van der Waals surface area contributed by atoms with Crippen molar-refractivity contribution in [2.45, 2.75) is 6.92 Å². The number of hydrogen-bond donors (Lipinski definition) is 1. The van der Waals surface area contributed by atoms with E-state index in [1.54, 1.807) is 42.8 Å². The van der Waals surface area contributed by atoms with Gasteiger partial charge < -0.3 is 10.1 Å². The second-order valence-electron chi connectivity index (χ2n) is 4.75. The molecule has 0 atom stereocenters. The molecule has 0 fully saturated rings. The van der Waals surface area contributed by atoms with Gasteiger partial charge in [0.05, 0.1) is 17.8 Å². The van der Waals surface area contributed by atoms with Crippen molar-refractivity contribution in [3.05, 3.63) is 58.4 Å². The highest BCUT2D eigenvalue weighted by Gasteiger charge is 2.17. The fraction of sp³-hybridized carbons (Fsp3) is 0.118. The summed E-state index contributed by atoms with van der Waals surface area (Å²) in [6.45, 7) is 2.04. The van der Waals surface area contributed by atoms with Crippen molar-refractivity contribution in [2.75, 3.05) is 11.9 Å². The van der Waals surface area contributed by atoms with E-state index in [1.807, 2.05) is 12.1 Å². The maximum Gasteiger partial charge on any atom is 0.350 e. The number of nitrogens with zero attached hydrogens (tertiary/aromatic N) is 1. The number of nitrogens with one attached hydrogen (secondary N) is 1. The number of anilines is 1. The fourth-order valence-electron chi connectivity index (χ4n) is 2.17. The minimum absolute atomic E-state index is 0.278. The summed E-state index contributed by atoms with van der Waals surface area (Å²) in [6, 6.07) is 10.7. The number of fused-ring (bicyclic) bond motifs is 1. The molecular weight excluding hydrogens is 312 g/mol. The molecule has 6 heteroatoms. The summed E-state index contributed by atoms with van der Waals surface area (Å²) in [5.74, 6) is -0.708. The van der Waals surface area contributed by atoms with Crippen LogP contribution in [0.1, 0.15) is 27.0 Å². The second-order valence-corrected chi connectivity index (χ2v) is 5.66. The first kappa shape index (κ1) is 15.2. The number of benzene rings is 1. The number of amides is 1. The molecule has 0 radical (unpaired) electrons. The predicted molar refractivity (Wildman–Crippen MR) is 90.0 cm³/mol. The molecule has 0 saturated carbocycles. The molecule has 1 N–H and O–H groups in total. The van der Waals surface area contributed by atoms with Gasteiger partial charge in [0.1, 0.15) is 4.88 Å². The van der Waals surface area contributed by atoms with Gasteiger partial charge in [-0.15, -0.1) is 11.3 Å². The molecule has 1 amide bonds. The highest BCUT2D eigenvalue weighted by atomic mass is 32.1. The van der Waals surface area contributed by atoms with E-state index < -0.39 is 5.97 Å². The molecule has 5 nitrogen and oxygen atoms in total. The SMILES string of the molecule is CCOC(=O)c1sccc1NC(=O)c1ccc2ncccc2c1. The highest BCUT2D eigenvalue weighted by molar-refractivity contribution is 7.12. The number of aromatic nitrogens is 1. The number of thiophene rings is 1. The van der Waals surface area contributed by atoms with E-state index in [-0.39, 0.29) is 5.91 Å². The van der Waals surface area contributed by atoms with E-state index in [4.69, 9.17) is 4.74 Å². The van der Waals surface area contributed by atoms with Crippen molar-refractivity contribution < 1.29 is 14.3 Å². The lowest BCUT2D eigenvalue weighted by Crippen LogP contribution is -2.14. The Kier molecular flexibility index (Phi) is 4.34. The Balaban J connectivity index is 1.84. The van der Waals surface area contributed by atoms with E-state index in [0.29, 0.717) is 22.7 Å². The molecule has 116 valence electrons. The van der Waals surface area contributed by atoms with E-state index >= 15 is 0 Å². The summed E-state index contributed by atoms with van der Waals surface area (Å²) in [4.78, 5) is 28.9. The summed E-state index contributed by atoms with van der Waals surface area (Å²) in [7, 11) is 0. The van der Waals surface area contributed by atoms with Crippen LogP contribution in [0.5, 0.6) is 0 Å². The number of ether oxygens (including phenoxy) is 1. The number of esters is 1. The zero-order chi connectivity index (χ0) is 16.2. The molecule has 0 aliphatic rings. The van der Waals surface area contributed by atoms with E-state index in [9.17, 15) is 9.59 Å². The van der Waals surface area contributed by atoms with Crippen LogP contribution in [-0.2, 0) is 4.74 Å². The monoisotopic (exact) mass is 326 g/mol. The maximum atomic E-state index is 12.4. The van der Waals surface area contributed by atoms with Gasteiger partial charge in [0.2, 0.25) is 0 Å². The van der Waals surface area contributed by atoms with Gasteiger partial charge in [0.25, 0.3) is 5.91 Å². The molecule has 0 bridgehead atoms. The van der Waals surface area contributed by atoms with Crippen molar-refractivity contribution in [1.29, 1.82) is 0 Å². The first-order valence-electron chi connectivity index (χ1n) is 7.10. The van der Waals surface area contributed by atoms with Crippen LogP contribution in [0.3, 0.4) is 0 Å². The van der Waals surface area contributed by atoms with E-state index in [2.05, 4.69) is 10.3 Å². The van der Waals surface area contributed by atoms with Crippen LogP contribution >= 0.6 is 11.3 Å². The van der Waals surface area contributed by atoms with Crippen LogP contribution in [0.2, 0.25) is 0 Å². The summed E-state index contributed by atoms with van der Waals surface area (Å²) in [6.07, 6.45) is 1.71. The first-order chi connectivity index (χ1) is 11.2. The fourth-order valence-corrected chi connectivity index (χ4v) is 2.92. The van der Waals surface area contributed by atoms with Gasteiger partial charge >= 0.3 is 5.97 Å². The van der Waals surface area contributed by atoms with Crippen LogP contribution in [0.25, 0.3) is 10.9 Å². The number of carbonyl (C=O) groups excluding carboxylic acids is 2. The second kappa shape index (κ2) is 6.58. The smallest absolute Gasteiger partial charge is 0.350 e. The van der Waals surface area contributed by atoms with Gasteiger partial charge in [0.15, 0.2) is 0 Å². The van der Waals surface area contributed by atoms with Gasteiger partial charge in [0, 0.05) is 17.1 Å². The van der Waals surface area contributed by atoms with Crippen LogP contribution < -0.4 is 5.32 Å². The molecule has 3 rings (SSSR count). The van der Waals surface area contributed by atoms with Crippen LogP contribution in [0.4, 0.5) is 5.69 Å². The molecule has 0 spiro atoms. The molecule has 2 heterocycles. The Morgan fingerprint density at radius 1 is 1.26 bits per heavy atom. The Bertz CT molecular complexity index is 873. The zero-order valence-corrected chi connectivity index (χ0v) is 13.2. The molecule has 0 saturated heterocycles. The number of carbonyl (C=O) groups is 2. The zero-order valence-electron chi connectivity index (χ0n) is 12.4. The molecule has 23 heavy (non-hydrogen) atoms. The van der Waals surface area contributed by atoms with Crippen molar-refractivity contribution in [1.82, 2.24) is 4.98 Å². The largest absolute Gasteiger partial charge is 0.462 e. The van der Waals surface area contributed by atoms with Crippen LogP contribution in [-0.4, -0.2) is 23.5 Å².